The van der Waals surface area contributed by atoms with E-state index in [1.54, 1.807) is 4.31 Å². The smallest absolute Gasteiger partial charge is 0.216 e. The number of hydrogen-bond donors (Lipinski definition) is 1. The van der Waals surface area contributed by atoms with Gasteiger partial charge in [0.15, 0.2) is 0 Å². The molecule has 2 aliphatic rings. The van der Waals surface area contributed by atoms with Gasteiger partial charge in [-0.15, -0.1) is 0 Å². The van der Waals surface area contributed by atoms with Gasteiger partial charge in [0, 0.05) is 24.7 Å². The van der Waals surface area contributed by atoms with Gasteiger partial charge in [-0.05, 0) is 25.5 Å². The first-order valence-corrected chi connectivity index (χ1v) is 8.68. The molecule has 1 aromatic carbocycles. The van der Waals surface area contributed by atoms with Crippen LogP contribution in [0, 0.1) is 0 Å². The van der Waals surface area contributed by atoms with Crippen LogP contribution in [0.3, 0.4) is 0 Å². The Kier molecular flexibility index (Phi) is 3.96. The number of rotatable bonds is 3. The van der Waals surface area contributed by atoms with Gasteiger partial charge in [0.1, 0.15) is 12.4 Å². The summed E-state index contributed by atoms with van der Waals surface area (Å²) in [6.45, 7) is 2.16. The molecule has 0 spiro atoms. The van der Waals surface area contributed by atoms with E-state index >= 15 is 0 Å². The van der Waals surface area contributed by atoms with Crippen LogP contribution in [0.2, 0.25) is 0 Å². The summed E-state index contributed by atoms with van der Waals surface area (Å²) in [5, 5.41) is 3.25. The van der Waals surface area contributed by atoms with E-state index in [-0.39, 0.29) is 11.8 Å². The molecule has 0 bridgehead atoms. The van der Waals surface area contributed by atoms with Crippen molar-refractivity contribution in [2.45, 2.75) is 25.4 Å². The van der Waals surface area contributed by atoms with Gasteiger partial charge < -0.3 is 10.1 Å². The second-order valence-corrected chi connectivity index (χ2v) is 7.38. The Morgan fingerprint density at radius 3 is 3.00 bits per heavy atom. The summed E-state index contributed by atoms with van der Waals surface area (Å²) in [7, 11) is -3.24. The monoisotopic (exact) mass is 296 g/mol. The molecule has 0 aliphatic carbocycles. The van der Waals surface area contributed by atoms with Gasteiger partial charge in [0.2, 0.25) is 10.0 Å². The first-order chi connectivity index (χ1) is 9.65. The van der Waals surface area contributed by atoms with E-state index in [0.717, 1.165) is 30.7 Å². The van der Waals surface area contributed by atoms with Gasteiger partial charge in [-0.1, -0.05) is 18.2 Å². The van der Waals surface area contributed by atoms with E-state index in [0.29, 0.717) is 19.7 Å². The maximum absolute atomic E-state index is 12.5. The predicted octanol–water partition coefficient (Wildman–Crippen LogP) is 0.963. The fourth-order valence-electron chi connectivity index (χ4n) is 2.80. The molecule has 0 radical (unpaired) electrons. The number of sulfonamides is 1. The standard InChI is InChI=1S/C14H20N2O3S/c17-20(18,11-13-5-3-7-15-13)16-8-9-19-14-6-2-1-4-12(14)10-16/h1-2,4,6,13,15H,3,5,7-11H2. The first kappa shape index (κ1) is 13.9. The van der Waals surface area contributed by atoms with Crippen molar-refractivity contribution in [2.75, 3.05) is 25.4 Å². The summed E-state index contributed by atoms with van der Waals surface area (Å²) < 4.78 is 32.2. The summed E-state index contributed by atoms with van der Waals surface area (Å²) in [6.07, 6.45) is 2.01. The minimum absolute atomic E-state index is 0.0967. The molecule has 6 heteroatoms. The second kappa shape index (κ2) is 5.71. The summed E-state index contributed by atoms with van der Waals surface area (Å²) in [4.78, 5) is 0. The third kappa shape index (κ3) is 2.97. The van der Waals surface area contributed by atoms with E-state index < -0.39 is 10.0 Å². The average molecular weight is 296 g/mol. The van der Waals surface area contributed by atoms with Crippen LogP contribution < -0.4 is 10.1 Å². The van der Waals surface area contributed by atoms with Crippen molar-refractivity contribution >= 4 is 10.0 Å². The molecule has 0 amide bonds. The van der Waals surface area contributed by atoms with Crippen molar-refractivity contribution in [1.29, 1.82) is 0 Å². The second-order valence-electron chi connectivity index (χ2n) is 5.36. The molecule has 1 aromatic rings. The van der Waals surface area contributed by atoms with Crippen molar-refractivity contribution < 1.29 is 13.2 Å². The molecule has 2 heterocycles. The molecular weight excluding hydrogens is 276 g/mol. The Bertz CT molecular complexity index is 568. The summed E-state index contributed by atoms with van der Waals surface area (Å²) in [5.74, 6) is 0.985. The summed E-state index contributed by atoms with van der Waals surface area (Å²) in [6, 6.07) is 7.74. The third-order valence-corrected chi connectivity index (χ3v) is 5.81. The lowest BCUT2D eigenvalue weighted by atomic mass is 10.2. The van der Waals surface area contributed by atoms with Crippen LogP contribution in [0.5, 0.6) is 5.75 Å². The number of nitrogens with zero attached hydrogens (tertiary/aromatic N) is 1. The van der Waals surface area contributed by atoms with Crippen molar-refractivity contribution in [3.05, 3.63) is 29.8 Å². The van der Waals surface area contributed by atoms with Crippen LogP contribution >= 0.6 is 0 Å². The molecule has 0 saturated carbocycles. The maximum Gasteiger partial charge on any atom is 0.216 e. The molecule has 1 atom stereocenters. The van der Waals surface area contributed by atoms with E-state index in [1.165, 1.54) is 0 Å². The first-order valence-electron chi connectivity index (χ1n) is 7.07. The van der Waals surface area contributed by atoms with Gasteiger partial charge >= 0.3 is 0 Å². The number of fused-ring (bicyclic) bond motifs is 1. The SMILES string of the molecule is O=S(=O)(CC1CCCN1)N1CCOc2ccccc2C1. The summed E-state index contributed by atoms with van der Waals surface area (Å²) >= 11 is 0. The van der Waals surface area contributed by atoms with Gasteiger partial charge in [0.05, 0.1) is 5.75 Å². The average Bonchev–Trinajstić information content (AvgIpc) is 2.81. The Balaban J connectivity index is 1.76. The highest BCUT2D eigenvalue weighted by molar-refractivity contribution is 7.89. The molecule has 1 saturated heterocycles. The molecule has 5 nitrogen and oxygen atoms in total. The minimum Gasteiger partial charge on any atom is -0.492 e. The Morgan fingerprint density at radius 2 is 2.20 bits per heavy atom. The highest BCUT2D eigenvalue weighted by atomic mass is 32.2. The van der Waals surface area contributed by atoms with Crippen LogP contribution in [0.25, 0.3) is 0 Å². The molecule has 20 heavy (non-hydrogen) atoms. The molecule has 110 valence electrons. The Labute approximate surface area is 120 Å². The Morgan fingerprint density at radius 1 is 1.35 bits per heavy atom. The lowest BCUT2D eigenvalue weighted by Gasteiger charge is -2.21. The fourth-order valence-corrected chi connectivity index (χ4v) is 4.49. The number of ether oxygens (including phenoxy) is 1. The van der Waals surface area contributed by atoms with Gasteiger partial charge in [-0.2, -0.15) is 4.31 Å². The van der Waals surface area contributed by atoms with Crippen molar-refractivity contribution in [2.24, 2.45) is 0 Å². The van der Waals surface area contributed by atoms with Crippen molar-refractivity contribution in [3.63, 3.8) is 0 Å². The van der Waals surface area contributed by atoms with E-state index in [1.807, 2.05) is 24.3 Å². The highest BCUT2D eigenvalue weighted by Gasteiger charge is 2.29. The Hall–Kier alpha value is -1.11. The van der Waals surface area contributed by atoms with Crippen LogP contribution in [-0.4, -0.2) is 44.2 Å². The molecule has 2 aliphatic heterocycles. The molecule has 1 unspecified atom stereocenters. The lowest BCUT2D eigenvalue weighted by Crippen LogP contribution is -2.40. The molecule has 3 rings (SSSR count). The van der Waals surface area contributed by atoms with Gasteiger partial charge in [0.25, 0.3) is 0 Å². The number of nitrogens with one attached hydrogen (secondary N) is 1. The van der Waals surface area contributed by atoms with Crippen LogP contribution in [-0.2, 0) is 16.6 Å². The number of para-hydroxylation sites is 1. The quantitative estimate of drug-likeness (QED) is 0.903. The maximum atomic E-state index is 12.5. The third-order valence-electron chi connectivity index (χ3n) is 3.89. The fraction of sp³-hybridized carbons (Fsp3) is 0.571. The topological polar surface area (TPSA) is 58.6 Å². The molecular formula is C14H20N2O3S. The van der Waals surface area contributed by atoms with Crippen LogP contribution in [0.4, 0.5) is 0 Å². The molecule has 0 aromatic heterocycles. The van der Waals surface area contributed by atoms with Gasteiger partial charge in [-0.3, -0.25) is 0 Å². The molecule has 1 N–H and O–H groups in total. The zero-order chi connectivity index (χ0) is 14.0. The van der Waals surface area contributed by atoms with E-state index in [9.17, 15) is 8.42 Å². The predicted molar refractivity (Wildman–Crippen MR) is 77.2 cm³/mol. The number of hydrogen-bond acceptors (Lipinski definition) is 4. The minimum atomic E-state index is -3.24. The van der Waals surface area contributed by atoms with E-state index in [2.05, 4.69) is 5.32 Å². The lowest BCUT2D eigenvalue weighted by molar-refractivity contribution is 0.292. The molecule has 1 fully saturated rings. The number of benzene rings is 1. The zero-order valence-corrected chi connectivity index (χ0v) is 12.2. The van der Waals surface area contributed by atoms with Gasteiger partial charge in [-0.25, -0.2) is 8.42 Å². The van der Waals surface area contributed by atoms with E-state index in [4.69, 9.17) is 4.74 Å². The normalized spacial score (nSPS) is 23.9. The van der Waals surface area contributed by atoms with Crippen LogP contribution in [0.1, 0.15) is 18.4 Å². The van der Waals surface area contributed by atoms with Crippen LogP contribution in [0.15, 0.2) is 24.3 Å². The summed E-state index contributed by atoms with van der Waals surface area (Å²) in [5.41, 5.74) is 0.938. The highest BCUT2D eigenvalue weighted by Crippen LogP contribution is 2.24. The van der Waals surface area contributed by atoms with Crippen molar-refractivity contribution in [1.82, 2.24) is 9.62 Å². The van der Waals surface area contributed by atoms with Crippen molar-refractivity contribution in [3.8, 4) is 5.75 Å². The largest absolute Gasteiger partial charge is 0.492 e. The zero-order valence-electron chi connectivity index (χ0n) is 11.4.